The quantitative estimate of drug-likeness (QED) is 0.834. The molecule has 1 spiro atoms. The Morgan fingerprint density at radius 2 is 2.14 bits per heavy atom. The van der Waals surface area contributed by atoms with Crippen LogP contribution in [-0.2, 0) is 4.79 Å². The van der Waals surface area contributed by atoms with Crippen molar-refractivity contribution >= 4 is 40.2 Å². The number of nitrogens with zero attached hydrogens (tertiary/aromatic N) is 4. The molecule has 3 heterocycles. The van der Waals surface area contributed by atoms with Crippen LogP contribution >= 0.6 is 11.8 Å². The molecule has 1 aromatic carbocycles. The summed E-state index contributed by atoms with van der Waals surface area (Å²) in [6.45, 7) is 2.06. The number of carbonyl (C=O) groups excluding carboxylic acids is 2. The number of carbonyl (C=O) groups is 2. The number of thioether (sulfide) groups is 1. The van der Waals surface area contributed by atoms with E-state index in [2.05, 4.69) is 27.3 Å². The summed E-state index contributed by atoms with van der Waals surface area (Å²) in [7, 11) is 0. The van der Waals surface area contributed by atoms with E-state index in [-0.39, 0.29) is 18.4 Å². The fourth-order valence-electron chi connectivity index (χ4n) is 4.12. The maximum Gasteiger partial charge on any atom is 0.252 e. The Kier molecular flexibility index (Phi) is 4.36. The highest BCUT2D eigenvalue weighted by Gasteiger charge is 2.52. The van der Waals surface area contributed by atoms with Gasteiger partial charge in [0.2, 0.25) is 5.91 Å². The number of amides is 2. The Hall–Kier alpha value is -2.79. The van der Waals surface area contributed by atoms with Crippen LogP contribution in [0, 0.1) is 16.7 Å². The summed E-state index contributed by atoms with van der Waals surface area (Å²) in [4.78, 5) is 33.5. The molecule has 1 aliphatic carbocycles. The predicted molar refractivity (Wildman–Crippen MR) is 112 cm³/mol. The Bertz CT molecular complexity index is 1040. The van der Waals surface area contributed by atoms with E-state index in [0.29, 0.717) is 22.6 Å². The molecule has 2 saturated heterocycles. The highest BCUT2D eigenvalue weighted by molar-refractivity contribution is 7.99. The number of fused-ring (bicyclic) bond motifs is 1. The van der Waals surface area contributed by atoms with Crippen molar-refractivity contribution in [2.24, 2.45) is 5.41 Å². The number of rotatable bonds is 4. The zero-order chi connectivity index (χ0) is 20.0. The van der Waals surface area contributed by atoms with Gasteiger partial charge < -0.3 is 15.1 Å². The van der Waals surface area contributed by atoms with Gasteiger partial charge in [-0.05, 0) is 37.1 Å². The molecule has 29 heavy (non-hydrogen) atoms. The van der Waals surface area contributed by atoms with Crippen LogP contribution in [0.15, 0.2) is 30.5 Å². The van der Waals surface area contributed by atoms with Crippen LogP contribution in [0.4, 0.5) is 5.69 Å². The number of benzene rings is 1. The number of hydrogen-bond acceptors (Lipinski definition) is 6. The van der Waals surface area contributed by atoms with Crippen molar-refractivity contribution in [1.82, 2.24) is 15.2 Å². The number of nitriles is 1. The Balaban J connectivity index is 1.31. The van der Waals surface area contributed by atoms with Crippen LogP contribution in [0.2, 0.25) is 0 Å². The number of anilines is 1. The molecular weight excluding hydrogens is 386 g/mol. The zero-order valence-corrected chi connectivity index (χ0v) is 16.7. The van der Waals surface area contributed by atoms with Gasteiger partial charge in [0, 0.05) is 41.5 Å². The minimum atomic E-state index is -0.417. The number of pyridine rings is 1. The van der Waals surface area contributed by atoms with Crippen molar-refractivity contribution in [3.8, 4) is 6.07 Å². The topological polar surface area (TPSA) is 89.3 Å². The number of hydrogen-bond donors (Lipinski definition) is 1. The van der Waals surface area contributed by atoms with Crippen LogP contribution in [-0.4, -0.2) is 59.0 Å². The minimum absolute atomic E-state index is 0.115. The first-order valence-corrected chi connectivity index (χ1v) is 10.9. The second-order valence-corrected chi connectivity index (χ2v) is 9.11. The second-order valence-electron chi connectivity index (χ2n) is 8.11. The third-order valence-electron chi connectivity index (χ3n) is 6.10. The SMILES string of the molecule is N#C[C@@H]1CSCN1C(=O)CNC(=O)c1ccnc2ccc(N3CC4(CC4)C3)cc12. The highest BCUT2D eigenvalue weighted by Crippen LogP contribution is 2.54. The molecule has 1 saturated carbocycles. The van der Waals surface area contributed by atoms with Crippen molar-refractivity contribution in [3.63, 3.8) is 0 Å². The first-order valence-electron chi connectivity index (χ1n) is 9.77. The molecule has 1 atom stereocenters. The van der Waals surface area contributed by atoms with Crippen LogP contribution in [0.25, 0.3) is 10.9 Å². The van der Waals surface area contributed by atoms with Crippen molar-refractivity contribution in [3.05, 3.63) is 36.0 Å². The predicted octanol–water partition coefficient (Wildman–Crippen LogP) is 1.99. The lowest BCUT2D eigenvalue weighted by Crippen LogP contribution is -2.48. The lowest BCUT2D eigenvalue weighted by atomic mass is 9.95. The molecule has 2 aliphatic heterocycles. The summed E-state index contributed by atoms with van der Waals surface area (Å²) >= 11 is 1.55. The molecule has 0 unspecified atom stereocenters. The van der Waals surface area contributed by atoms with Crippen molar-refractivity contribution < 1.29 is 9.59 Å². The molecule has 7 nitrogen and oxygen atoms in total. The molecule has 148 valence electrons. The van der Waals surface area contributed by atoms with Crippen molar-refractivity contribution in [2.75, 3.05) is 36.2 Å². The normalized spacial score (nSPS) is 21.7. The molecule has 3 aliphatic rings. The molecule has 2 aromatic rings. The van der Waals surface area contributed by atoms with Gasteiger partial charge in [-0.1, -0.05) is 0 Å². The third-order valence-corrected chi connectivity index (χ3v) is 7.11. The van der Waals surface area contributed by atoms with Crippen LogP contribution in [0.1, 0.15) is 23.2 Å². The van der Waals surface area contributed by atoms with E-state index < -0.39 is 6.04 Å². The van der Waals surface area contributed by atoms with Gasteiger partial charge in [-0.2, -0.15) is 5.26 Å². The van der Waals surface area contributed by atoms with E-state index in [0.717, 1.165) is 29.7 Å². The fraction of sp³-hybridized carbons (Fsp3) is 0.429. The van der Waals surface area contributed by atoms with Gasteiger partial charge >= 0.3 is 0 Å². The molecule has 2 amide bonds. The summed E-state index contributed by atoms with van der Waals surface area (Å²) in [5.74, 6) is 0.576. The van der Waals surface area contributed by atoms with Gasteiger partial charge in [0.25, 0.3) is 5.91 Å². The smallest absolute Gasteiger partial charge is 0.252 e. The average Bonchev–Trinajstić information content (AvgIpc) is 3.39. The molecule has 0 bridgehead atoms. The largest absolute Gasteiger partial charge is 0.370 e. The highest BCUT2D eigenvalue weighted by atomic mass is 32.2. The minimum Gasteiger partial charge on any atom is -0.370 e. The molecule has 0 radical (unpaired) electrons. The summed E-state index contributed by atoms with van der Waals surface area (Å²) in [5, 5.41) is 12.6. The van der Waals surface area contributed by atoms with Gasteiger partial charge in [0.15, 0.2) is 0 Å². The van der Waals surface area contributed by atoms with Crippen LogP contribution in [0.3, 0.4) is 0 Å². The van der Waals surface area contributed by atoms with Gasteiger partial charge in [-0.15, -0.1) is 11.8 Å². The lowest BCUT2D eigenvalue weighted by molar-refractivity contribution is -0.129. The van der Waals surface area contributed by atoms with E-state index in [9.17, 15) is 9.59 Å². The molecule has 8 heteroatoms. The van der Waals surface area contributed by atoms with E-state index in [4.69, 9.17) is 5.26 Å². The third kappa shape index (κ3) is 3.29. The molecular formula is C21H21N5O2S. The van der Waals surface area contributed by atoms with Gasteiger partial charge in [-0.3, -0.25) is 14.6 Å². The standard InChI is InChI=1S/C21H21N5O2S/c22-8-15-10-29-13-26(15)19(27)9-24-20(28)16-3-6-23-18-2-1-14(7-17(16)18)25-11-21(12-25)4-5-21/h1-3,6-7,15H,4-5,9-13H2,(H,24,28)/t15-/m1/s1. The van der Waals surface area contributed by atoms with Crippen LogP contribution in [0.5, 0.6) is 0 Å². The van der Waals surface area contributed by atoms with E-state index >= 15 is 0 Å². The first-order chi connectivity index (χ1) is 14.1. The van der Waals surface area contributed by atoms with Gasteiger partial charge in [0.1, 0.15) is 6.04 Å². The van der Waals surface area contributed by atoms with Crippen molar-refractivity contribution in [2.45, 2.75) is 18.9 Å². The summed E-state index contributed by atoms with van der Waals surface area (Å²) in [5.41, 5.74) is 2.94. The number of nitrogens with one attached hydrogen (secondary N) is 1. The average molecular weight is 407 g/mol. The summed E-state index contributed by atoms with van der Waals surface area (Å²) in [6, 6.07) is 9.44. The Morgan fingerprint density at radius 1 is 1.31 bits per heavy atom. The molecule has 1 N–H and O–H groups in total. The monoisotopic (exact) mass is 407 g/mol. The Labute approximate surface area is 173 Å². The first kappa shape index (κ1) is 18.3. The van der Waals surface area contributed by atoms with E-state index in [1.165, 1.54) is 17.7 Å². The molecule has 3 fully saturated rings. The second kappa shape index (κ2) is 6.92. The molecule has 5 rings (SSSR count). The Morgan fingerprint density at radius 3 is 2.90 bits per heavy atom. The molecule has 1 aromatic heterocycles. The lowest BCUT2D eigenvalue weighted by Gasteiger charge is -2.42. The summed E-state index contributed by atoms with van der Waals surface area (Å²) < 4.78 is 0. The van der Waals surface area contributed by atoms with Gasteiger partial charge in [-0.25, -0.2) is 0 Å². The maximum absolute atomic E-state index is 12.8. The maximum atomic E-state index is 12.8. The van der Waals surface area contributed by atoms with E-state index in [1.807, 2.05) is 12.1 Å². The summed E-state index contributed by atoms with van der Waals surface area (Å²) in [6.07, 6.45) is 4.26. The van der Waals surface area contributed by atoms with Crippen molar-refractivity contribution in [1.29, 1.82) is 5.26 Å². The fourth-order valence-corrected chi connectivity index (χ4v) is 5.22. The number of aromatic nitrogens is 1. The van der Waals surface area contributed by atoms with Crippen LogP contribution < -0.4 is 10.2 Å². The zero-order valence-electron chi connectivity index (χ0n) is 15.9. The van der Waals surface area contributed by atoms with Gasteiger partial charge in [0.05, 0.1) is 29.6 Å². The van der Waals surface area contributed by atoms with E-state index in [1.54, 1.807) is 24.0 Å².